The van der Waals surface area contributed by atoms with Crippen LogP contribution in [-0.2, 0) is 4.79 Å². The average Bonchev–Trinajstić information content (AvgIpc) is 3.22. The van der Waals surface area contributed by atoms with Crippen molar-refractivity contribution in [1.29, 1.82) is 0 Å². The van der Waals surface area contributed by atoms with Crippen LogP contribution in [0.1, 0.15) is 23.3 Å². The summed E-state index contributed by atoms with van der Waals surface area (Å²) in [7, 11) is 0. The van der Waals surface area contributed by atoms with Crippen LogP contribution < -0.4 is 11.1 Å². The van der Waals surface area contributed by atoms with Crippen molar-refractivity contribution in [2.24, 2.45) is 11.7 Å². The Kier molecular flexibility index (Phi) is 3.12. The van der Waals surface area contributed by atoms with Gasteiger partial charge in [0.15, 0.2) is 16.5 Å². The van der Waals surface area contributed by atoms with Gasteiger partial charge in [0.25, 0.3) is 5.91 Å². The molecule has 1 aliphatic carbocycles. The zero-order chi connectivity index (χ0) is 16.0. The molecule has 2 amide bonds. The quantitative estimate of drug-likeness (QED) is 0.764. The number of carbonyl (C=O) groups is 2. The summed E-state index contributed by atoms with van der Waals surface area (Å²) >= 11 is 1.21. The molecule has 116 valence electrons. The van der Waals surface area contributed by atoms with Crippen molar-refractivity contribution < 1.29 is 9.59 Å². The maximum atomic E-state index is 11.9. The van der Waals surface area contributed by atoms with Gasteiger partial charge in [-0.2, -0.15) is 10.1 Å². The summed E-state index contributed by atoms with van der Waals surface area (Å²) in [5, 5.41) is 7.52. The number of benzene rings is 1. The van der Waals surface area contributed by atoms with Crippen molar-refractivity contribution in [1.82, 2.24) is 14.8 Å². The molecule has 4 rings (SSSR count). The van der Waals surface area contributed by atoms with Gasteiger partial charge in [0.2, 0.25) is 5.91 Å². The highest BCUT2D eigenvalue weighted by atomic mass is 32.1. The predicted octanol–water partition coefficient (Wildman–Crippen LogP) is 1.93. The minimum atomic E-state index is -0.617. The Labute approximate surface area is 135 Å². The molecule has 2 heterocycles. The molecule has 0 unspecified atom stereocenters. The van der Waals surface area contributed by atoms with E-state index in [1.165, 1.54) is 11.3 Å². The molecule has 0 saturated heterocycles. The van der Waals surface area contributed by atoms with E-state index in [1.807, 2.05) is 30.3 Å². The second-order valence-corrected chi connectivity index (χ2v) is 6.39. The Morgan fingerprint density at radius 1 is 1.26 bits per heavy atom. The second kappa shape index (κ2) is 5.17. The van der Waals surface area contributed by atoms with Crippen LogP contribution in [0.3, 0.4) is 0 Å². The Morgan fingerprint density at radius 2 is 2.00 bits per heavy atom. The molecule has 1 aliphatic rings. The fourth-order valence-corrected chi connectivity index (χ4v) is 3.26. The molecule has 7 nitrogen and oxygen atoms in total. The third kappa shape index (κ3) is 2.46. The molecular weight excluding hydrogens is 314 g/mol. The van der Waals surface area contributed by atoms with Crippen LogP contribution in [-0.4, -0.2) is 26.6 Å². The number of fused-ring (bicyclic) bond motifs is 1. The first-order valence-electron chi connectivity index (χ1n) is 7.19. The van der Waals surface area contributed by atoms with Gasteiger partial charge in [-0.25, -0.2) is 4.68 Å². The topological polar surface area (TPSA) is 103 Å². The van der Waals surface area contributed by atoms with E-state index < -0.39 is 5.91 Å². The van der Waals surface area contributed by atoms with Crippen molar-refractivity contribution in [3.8, 4) is 5.69 Å². The third-order valence-corrected chi connectivity index (χ3v) is 4.60. The summed E-state index contributed by atoms with van der Waals surface area (Å²) in [6.07, 6.45) is 1.84. The first-order chi connectivity index (χ1) is 11.1. The van der Waals surface area contributed by atoms with Crippen molar-refractivity contribution in [3.05, 3.63) is 36.0 Å². The van der Waals surface area contributed by atoms with Gasteiger partial charge in [-0.05, 0) is 25.0 Å². The number of carbonyl (C=O) groups excluding carboxylic acids is 2. The van der Waals surface area contributed by atoms with Crippen molar-refractivity contribution in [2.45, 2.75) is 12.8 Å². The maximum absolute atomic E-state index is 11.9. The lowest BCUT2D eigenvalue weighted by atomic mass is 10.3. The Balaban J connectivity index is 1.81. The summed E-state index contributed by atoms with van der Waals surface area (Å²) in [6, 6.07) is 9.35. The molecule has 3 N–H and O–H groups in total. The summed E-state index contributed by atoms with van der Waals surface area (Å²) in [6.45, 7) is 0. The molecule has 0 spiro atoms. The van der Waals surface area contributed by atoms with Gasteiger partial charge in [0.1, 0.15) is 4.70 Å². The zero-order valence-electron chi connectivity index (χ0n) is 12.0. The fourth-order valence-electron chi connectivity index (χ4n) is 2.32. The van der Waals surface area contributed by atoms with E-state index in [-0.39, 0.29) is 17.5 Å². The Hall–Kier alpha value is -2.74. The molecule has 2 aromatic heterocycles. The SMILES string of the molecule is NC(=O)c1nn(-c2ccccc2)c2nc(NC(=O)C3CC3)sc12. The van der Waals surface area contributed by atoms with Gasteiger partial charge < -0.3 is 11.1 Å². The van der Waals surface area contributed by atoms with Gasteiger partial charge in [-0.1, -0.05) is 29.5 Å². The number of primary amides is 1. The minimum Gasteiger partial charge on any atom is -0.364 e. The van der Waals surface area contributed by atoms with Crippen LogP contribution in [0.15, 0.2) is 30.3 Å². The summed E-state index contributed by atoms with van der Waals surface area (Å²) in [5.41, 5.74) is 6.87. The van der Waals surface area contributed by atoms with E-state index >= 15 is 0 Å². The zero-order valence-corrected chi connectivity index (χ0v) is 12.8. The number of aromatic nitrogens is 3. The lowest BCUT2D eigenvalue weighted by Gasteiger charge is -2.01. The molecule has 1 aromatic carbocycles. The van der Waals surface area contributed by atoms with E-state index in [0.29, 0.717) is 15.5 Å². The van der Waals surface area contributed by atoms with E-state index in [0.717, 1.165) is 18.5 Å². The highest BCUT2D eigenvalue weighted by Crippen LogP contribution is 2.33. The number of nitrogens with one attached hydrogen (secondary N) is 1. The number of hydrogen-bond acceptors (Lipinski definition) is 5. The monoisotopic (exact) mass is 327 g/mol. The van der Waals surface area contributed by atoms with Crippen LogP contribution >= 0.6 is 11.3 Å². The standard InChI is InChI=1S/C15H13N5O2S/c16-12(21)10-11-13(20(19-10)9-4-2-1-3-5-9)17-15(23-11)18-14(22)8-6-7-8/h1-5,8H,6-7H2,(H2,16,21)(H,17,18,22). The Morgan fingerprint density at radius 3 is 2.65 bits per heavy atom. The van der Waals surface area contributed by atoms with E-state index in [2.05, 4.69) is 15.4 Å². The van der Waals surface area contributed by atoms with Crippen LogP contribution in [0.2, 0.25) is 0 Å². The molecular formula is C15H13N5O2S. The lowest BCUT2D eigenvalue weighted by Crippen LogP contribution is -2.14. The maximum Gasteiger partial charge on any atom is 0.270 e. The molecule has 3 aromatic rings. The second-order valence-electron chi connectivity index (χ2n) is 5.40. The predicted molar refractivity (Wildman–Crippen MR) is 86.6 cm³/mol. The lowest BCUT2D eigenvalue weighted by molar-refractivity contribution is -0.117. The molecule has 23 heavy (non-hydrogen) atoms. The number of nitrogens with two attached hydrogens (primary N) is 1. The largest absolute Gasteiger partial charge is 0.364 e. The first-order valence-corrected chi connectivity index (χ1v) is 8.01. The summed E-state index contributed by atoms with van der Waals surface area (Å²) < 4.78 is 2.14. The summed E-state index contributed by atoms with van der Waals surface area (Å²) in [5.74, 6) is -0.558. The number of anilines is 1. The number of thiazole rings is 1. The highest BCUT2D eigenvalue weighted by Gasteiger charge is 2.30. The van der Waals surface area contributed by atoms with Crippen molar-refractivity contribution >= 4 is 38.6 Å². The average molecular weight is 327 g/mol. The van der Waals surface area contributed by atoms with Crippen molar-refractivity contribution in [2.75, 3.05) is 5.32 Å². The molecule has 0 bridgehead atoms. The van der Waals surface area contributed by atoms with Gasteiger partial charge in [0.05, 0.1) is 5.69 Å². The molecule has 8 heteroatoms. The van der Waals surface area contributed by atoms with Gasteiger partial charge in [0, 0.05) is 5.92 Å². The van der Waals surface area contributed by atoms with Crippen molar-refractivity contribution in [3.63, 3.8) is 0 Å². The molecule has 0 radical (unpaired) electrons. The Bertz CT molecular complexity index is 911. The van der Waals surface area contributed by atoms with Gasteiger partial charge in [-0.15, -0.1) is 0 Å². The normalized spacial score (nSPS) is 14.1. The number of rotatable bonds is 4. The molecule has 0 aliphatic heterocycles. The van der Waals surface area contributed by atoms with Gasteiger partial charge in [-0.3, -0.25) is 9.59 Å². The smallest absolute Gasteiger partial charge is 0.270 e. The minimum absolute atomic E-state index is 0.0266. The number of para-hydroxylation sites is 1. The fraction of sp³-hybridized carbons (Fsp3) is 0.200. The van der Waals surface area contributed by atoms with E-state index in [4.69, 9.17) is 5.73 Å². The summed E-state index contributed by atoms with van der Waals surface area (Å²) in [4.78, 5) is 28.0. The number of nitrogens with zero attached hydrogens (tertiary/aromatic N) is 3. The van der Waals surface area contributed by atoms with Crippen LogP contribution in [0.5, 0.6) is 0 Å². The molecule has 0 atom stereocenters. The van der Waals surface area contributed by atoms with E-state index in [9.17, 15) is 9.59 Å². The third-order valence-electron chi connectivity index (χ3n) is 3.64. The number of amides is 2. The molecule has 1 saturated carbocycles. The van der Waals surface area contributed by atoms with Crippen LogP contribution in [0, 0.1) is 5.92 Å². The first kappa shape index (κ1) is 13.9. The van der Waals surface area contributed by atoms with Crippen LogP contribution in [0.4, 0.5) is 5.13 Å². The van der Waals surface area contributed by atoms with Gasteiger partial charge >= 0.3 is 0 Å². The van der Waals surface area contributed by atoms with E-state index in [1.54, 1.807) is 4.68 Å². The van der Waals surface area contributed by atoms with Crippen LogP contribution in [0.25, 0.3) is 16.0 Å². The number of hydrogen-bond donors (Lipinski definition) is 2. The molecule has 1 fully saturated rings. The highest BCUT2D eigenvalue weighted by molar-refractivity contribution is 7.22.